The fourth-order valence-electron chi connectivity index (χ4n) is 4.81. The lowest BCUT2D eigenvalue weighted by Gasteiger charge is -2.17. The van der Waals surface area contributed by atoms with E-state index in [2.05, 4.69) is 10.3 Å². The number of nitrogens with one attached hydrogen (secondary N) is 1. The molecule has 0 spiro atoms. The Labute approximate surface area is 259 Å². The van der Waals surface area contributed by atoms with Gasteiger partial charge in [0, 0.05) is 42.9 Å². The first-order valence-electron chi connectivity index (χ1n) is 14.4. The molecule has 1 amide bonds. The number of ether oxygens (including phenoxy) is 4. The molecule has 3 N–H and O–H groups in total. The molecule has 2 heterocycles. The van der Waals surface area contributed by atoms with Gasteiger partial charge in [0.1, 0.15) is 18.1 Å². The predicted octanol–water partition coefficient (Wildman–Crippen LogP) is 5.25. The number of nitrogens with zero attached hydrogens (tertiary/aromatic N) is 1. The normalized spacial score (nSPS) is 11.6. The molecule has 0 radical (unpaired) electrons. The fourth-order valence-corrected chi connectivity index (χ4v) is 4.81. The molecule has 0 aliphatic carbocycles. The first-order chi connectivity index (χ1) is 21.9. The molecule has 4 aromatic rings. The topological polar surface area (TPSA) is 154 Å². The molecule has 1 aromatic heterocycles. The summed E-state index contributed by atoms with van der Waals surface area (Å²) in [4.78, 5) is 39.6. The van der Waals surface area contributed by atoms with Crippen LogP contribution in [0.15, 0.2) is 79.1 Å². The minimum Gasteiger partial charge on any atom is -0.493 e. The number of pyridine rings is 1. The average Bonchev–Trinajstić information content (AvgIpc) is 3.52. The zero-order chi connectivity index (χ0) is 31.6. The van der Waals surface area contributed by atoms with Crippen LogP contribution in [-0.4, -0.2) is 46.4 Å². The lowest BCUT2D eigenvalue weighted by molar-refractivity contribution is -0.138. The SMILES string of the molecule is O=C(O)CCCOc1cccc(COc2cc(C(=O)NCc3ccncc3)cc(-c3ccc4c(c3)OCO4)c2)c1CCC(=O)O. The Balaban J connectivity index is 1.40. The van der Waals surface area contributed by atoms with Gasteiger partial charge in [-0.3, -0.25) is 19.4 Å². The Morgan fingerprint density at radius 1 is 0.844 bits per heavy atom. The van der Waals surface area contributed by atoms with Crippen LogP contribution in [-0.2, 0) is 29.2 Å². The van der Waals surface area contributed by atoms with Crippen LogP contribution in [0.2, 0.25) is 0 Å². The first-order valence-corrected chi connectivity index (χ1v) is 14.4. The van der Waals surface area contributed by atoms with Gasteiger partial charge in [-0.15, -0.1) is 0 Å². The number of carboxylic acid groups (broad SMARTS) is 2. The van der Waals surface area contributed by atoms with E-state index in [1.165, 1.54) is 0 Å². The maximum absolute atomic E-state index is 13.3. The van der Waals surface area contributed by atoms with Gasteiger partial charge in [0.05, 0.1) is 6.61 Å². The molecule has 45 heavy (non-hydrogen) atoms. The zero-order valence-electron chi connectivity index (χ0n) is 24.4. The van der Waals surface area contributed by atoms with Crippen molar-refractivity contribution in [2.24, 2.45) is 0 Å². The van der Waals surface area contributed by atoms with Crippen molar-refractivity contribution >= 4 is 17.8 Å². The monoisotopic (exact) mass is 612 g/mol. The highest BCUT2D eigenvalue weighted by atomic mass is 16.7. The van der Waals surface area contributed by atoms with E-state index >= 15 is 0 Å². The number of rotatable bonds is 15. The number of benzene rings is 3. The van der Waals surface area contributed by atoms with Crippen LogP contribution in [0.1, 0.15) is 46.3 Å². The zero-order valence-corrected chi connectivity index (χ0v) is 24.4. The van der Waals surface area contributed by atoms with Crippen molar-refractivity contribution in [1.82, 2.24) is 10.3 Å². The molecule has 0 saturated carbocycles. The van der Waals surface area contributed by atoms with E-state index in [1.54, 1.807) is 36.7 Å². The summed E-state index contributed by atoms with van der Waals surface area (Å²) in [5.74, 6) is -0.0183. The summed E-state index contributed by atoms with van der Waals surface area (Å²) >= 11 is 0. The van der Waals surface area contributed by atoms with Gasteiger partial charge in [0.15, 0.2) is 11.5 Å². The highest BCUT2D eigenvalue weighted by Gasteiger charge is 2.17. The molecular weight excluding hydrogens is 580 g/mol. The lowest BCUT2D eigenvalue weighted by Crippen LogP contribution is -2.22. The maximum atomic E-state index is 13.3. The van der Waals surface area contributed by atoms with E-state index in [4.69, 9.17) is 24.1 Å². The third-order valence-electron chi connectivity index (χ3n) is 7.08. The van der Waals surface area contributed by atoms with Gasteiger partial charge in [-0.2, -0.15) is 0 Å². The van der Waals surface area contributed by atoms with E-state index in [-0.39, 0.29) is 45.2 Å². The van der Waals surface area contributed by atoms with E-state index in [1.807, 2.05) is 42.5 Å². The molecule has 1 aliphatic heterocycles. The van der Waals surface area contributed by atoms with Crippen molar-refractivity contribution in [2.45, 2.75) is 38.8 Å². The van der Waals surface area contributed by atoms with Gasteiger partial charge in [-0.05, 0) is 83.6 Å². The summed E-state index contributed by atoms with van der Waals surface area (Å²) in [5, 5.41) is 21.2. The molecule has 0 atom stereocenters. The number of amides is 1. The van der Waals surface area contributed by atoms with Gasteiger partial charge in [0.25, 0.3) is 5.91 Å². The summed E-state index contributed by atoms with van der Waals surface area (Å²) < 4.78 is 23.1. The second kappa shape index (κ2) is 14.7. The fraction of sp³-hybridized carbons (Fsp3) is 0.235. The van der Waals surface area contributed by atoms with Crippen LogP contribution in [0.3, 0.4) is 0 Å². The largest absolute Gasteiger partial charge is 0.493 e. The van der Waals surface area contributed by atoms with E-state index < -0.39 is 11.9 Å². The van der Waals surface area contributed by atoms with Crippen LogP contribution in [0.4, 0.5) is 0 Å². The van der Waals surface area contributed by atoms with E-state index in [0.717, 1.165) is 16.7 Å². The van der Waals surface area contributed by atoms with Crippen molar-refractivity contribution in [3.63, 3.8) is 0 Å². The Hall–Kier alpha value is -5.58. The van der Waals surface area contributed by atoms with Crippen molar-refractivity contribution in [3.8, 4) is 34.1 Å². The smallest absolute Gasteiger partial charge is 0.303 e. The number of hydrogen-bond donors (Lipinski definition) is 3. The number of hydrogen-bond acceptors (Lipinski definition) is 8. The van der Waals surface area contributed by atoms with Crippen LogP contribution >= 0.6 is 0 Å². The van der Waals surface area contributed by atoms with Gasteiger partial charge in [-0.1, -0.05) is 18.2 Å². The molecule has 1 aliphatic rings. The number of carbonyl (C=O) groups excluding carboxylic acids is 1. The number of carboxylic acids is 2. The quantitative estimate of drug-likeness (QED) is 0.152. The van der Waals surface area contributed by atoms with Crippen LogP contribution in [0.25, 0.3) is 11.1 Å². The summed E-state index contributed by atoms with van der Waals surface area (Å²) in [5.41, 5.74) is 4.19. The number of aromatic nitrogens is 1. The van der Waals surface area contributed by atoms with Gasteiger partial charge < -0.3 is 34.5 Å². The van der Waals surface area contributed by atoms with E-state index in [0.29, 0.717) is 52.7 Å². The second-order valence-corrected chi connectivity index (χ2v) is 10.3. The number of fused-ring (bicyclic) bond motifs is 1. The van der Waals surface area contributed by atoms with Crippen molar-refractivity contribution < 1.29 is 43.5 Å². The maximum Gasteiger partial charge on any atom is 0.303 e. The molecule has 232 valence electrons. The summed E-state index contributed by atoms with van der Waals surface area (Å²) in [6, 6.07) is 19.8. The highest BCUT2D eigenvalue weighted by Crippen LogP contribution is 2.37. The lowest BCUT2D eigenvalue weighted by atomic mass is 10.0. The van der Waals surface area contributed by atoms with E-state index in [9.17, 15) is 19.5 Å². The second-order valence-electron chi connectivity index (χ2n) is 10.3. The Morgan fingerprint density at radius 3 is 2.44 bits per heavy atom. The Morgan fingerprint density at radius 2 is 1.64 bits per heavy atom. The number of carbonyl (C=O) groups is 3. The third-order valence-corrected chi connectivity index (χ3v) is 7.08. The first kappa shape index (κ1) is 30.9. The third kappa shape index (κ3) is 8.50. The van der Waals surface area contributed by atoms with Crippen molar-refractivity contribution in [3.05, 3.63) is 101 Å². The standard InChI is InChI=1S/C34H32N2O9/c37-32(38)5-2-14-42-29-4-1-3-24(28(29)7-9-33(39)40)20-43-27-16-25(23-6-8-30-31(18-23)45-21-44-30)15-26(17-27)34(41)36-19-22-10-12-35-13-11-22/h1,3-4,6,8,10-13,15-18H,2,5,7,9,14,19-21H2,(H,36,41)(H,37,38)(H,39,40). The van der Waals surface area contributed by atoms with Crippen LogP contribution in [0.5, 0.6) is 23.0 Å². The predicted molar refractivity (Wildman–Crippen MR) is 163 cm³/mol. The summed E-state index contributed by atoms with van der Waals surface area (Å²) in [6.07, 6.45) is 3.68. The Kier molecular flexibility index (Phi) is 10.1. The van der Waals surface area contributed by atoms with Crippen molar-refractivity contribution in [1.29, 1.82) is 0 Å². The van der Waals surface area contributed by atoms with Gasteiger partial charge in [0.2, 0.25) is 6.79 Å². The molecule has 5 rings (SSSR count). The van der Waals surface area contributed by atoms with Gasteiger partial charge >= 0.3 is 11.9 Å². The summed E-state index contributed by atoms with van der Waals surface area (Å²) in [6.45, 7) is 0.700. The molecular formula is C34H32N2O9. The molecule has 0 saturated heterocycles. The molecule has 11 nitrogen and oxygen atoms in total. The average molecular weight is 613 g/mol. The van der Waals surface area contributed by atoms with Crippen LogP contribution in [0, 0.1) is 0 Å². The Bertz CT molecular complexity index is 1670. The molecule has 3 aromatic carbocycles. The van der Waals surface area contributed by atoms with Crippen molar-refractivity contribution in [2.75, 3.05) is 13.4 Å². The molecule has 0 fully saturated rings. The van der Waals surface area contributed by atoms with Crippen LogP contribution < -0.4 is 24.3 Å². The minimum absolute atomic E-state index is 0.0363. The molecule has 0 bridgehead atoms. The number of aliphatic carboxylic acids is 2. The molecule has 11 heteroatoms. The summed E-state index contributed by atoms with van der Waals surface area (Å²) in [7, 11) is 0. The minimum atomic E-state index is -0.957. The van der Waals surface area contributed by atoms with Gasteiger partial charge in [-0.25, -0.2) is 0 Å². The molecule has 0 unspecified atom stereocenters. The highest BCUT2D eigenvalue weighted by molar-refractivity contribution is 5.96.